The summed E-state index contributed by atoms with van der Waals surface area (Å²) in [6, 6.07) is 0. The third-order valence-corrected chi connectivity index (χ3v) is 4.17. The number of aliphatic carboxylic acids is 1. The van der Waals surface area contributed by atoms with E-state index in [1.54, 1.807) is 7.11 Å². The first-order chi connectivity index (χ1) is 9.58. The topological polar surface area (TPSA) is 84.9 Å². The molecular formula is C14H21NO5. The third kappa shape index (κ3) is 3.19. The summed E-state index contributed by atoms with van der Waals surface area (Å²) in [5, 5.41) is 12.0. The molecule has 20 heavy (non-hydrogen) atoms. The van der Waals surface area contributed by atoms with Crippen LogP contribution < -0.4 is 5.32 Å². The van der Waals surface area contributed by atoms with Crippen molar-refractivity contribution in [3.05, 3.63) is 12.2 Å². The van der Waals surface area contributed by atoms with E-state index in [0.29, 0.717) is 32.6 Å². The predicted octanol–water partition coefficient (Wildman–Crippen LogP) is 0.575. The molecule has 1 unspecified atom stereocenters. The van der Waals surface area contributed by atoms with Crippen molar-refractivity contribution in [1.82, 2.24) is 5.32 Å². The molecule has 112 valence electrons. The Morgan fingerprint density at radius 2 is 2.10 bits per heavy atom. The number of hydrogen-bond acceptors (Lipinski definition) is 4. The second-order valence-electron chi connectivity index (χ2n) is 5.40. The van der Waals surface area contributed by atoms with Gasteiger partial charge in [-0.2, -0.15) is 0 Å². The second kappa shape index (κ2) is 6.37. The lowest BCUT2D eigenvalue weighted by molar-refractivity contribution is -0.147. The molecule has 1 aliphatic heterocycles. The van der Waals surface area contributed by atoms with Gasteiger partial charge in [0.1, 0.15) is 5.60 Å². The van der Waals surface area contributed by atoms with Crippen molar-refractivity contribution in [1.29, 1.82) is 0 Å². The summed E-state index contributed by atoms with van der Waals surface area (Å²) < 4.78 is 10.7. The summed E-state index contributed by atoms with van der Waals surface area (Å²) in [7, 11) is 1.60. The Hall–Kier alpha value is -1.40. The molecular weight excluding hydrogens is 262 g/mol. The zero-order chi connectivity index (χ0) is 14.6. The van der Waals surface area contributed by atoms with Crippen LogP contribution in [0.15, 0.2) is 12.2 Å². The van der Waals surface area contributed by atoms with E-state index in [2.05, 4.69) is 5.32 Å². The molecule has 1 fully saturated rings. The van der Waals surface area contributed by atoms with E-state index in [9.17, 15) is 14.7 Å². The molecule has 2 N–H and O–H groups in total. The molecule has 3 atom stereocenters. The summed E-state index contributed by atoms with van der Waals surface area (Å²) in [5.41, 5.74) is -0.473. The molecule has 2 aliphatic rings. The van der Waals surface area contributed by atoms with Crippen molar-refractivity contribution in [3.8, 4) is 0 Å². The minimum atomic E-state index is -0.917. The third-order valence-electron chi connectivity index (χ3n) is 4.17. The predicted molar refractivity (Wildman–Crippen MR) is 71.2 cm³/mol. The lowest BCUT2D eigenvalue weighted by Gasteiger charge is -2.29. The van der Waals surface area contributed by atoms with Gasteiger partial charge in [0.05, 0.1) is 18.4 Å². The maximum atomic E-state index is 12.2. The van der Waals surface area contributed by atoms with Gasteiger partial charge in [-0.1, -0.05) is 12.2 Å². The minimum absolute atomic E-state index is 0.218. The molecule has 0 bridgehead atoms. The zero-order valence-electron chi connectivity index (χ0n) is 11.6. The standard InChI is InChI=1S/C14H21NO5/c1-19-14(6-7-20-9-14)8-15-12(16)10-4-2-3-5-11(10)13(17)18/h2-3,10-11H,4-9H2,1H3,(H,15,16)(H,17,18)/t10-,11+,14?/m1/s1. The number of carbonyl (C=O) groups is 2. The Morgan fingerprint density at radius 3 is 2.65 bits per heavy atom. The van der Waals surface area contributed by atoms with Crippen molar-refractivity contribution in [2.45, 2.75) is 24.9 Å². The van der Waals surface area contributed by atoms with Gasteiger partial charge in [-0.15, -0.1) is 0 Å². The van der Waals surface area contributed by atoms with Crippen LogP contribution in [0.3, 0.4) is 0 Å². The first-order valence-electron chi connectivity index (χ1n) is 6.86. The average molecular weight is 283 g/mol. The number of carboxylic acids is 1. The Labute approximate surface area is 118 Å². The Bertz CT molecular complexity index is 400. The summed E-state index contributed by atoms with van der Waals surface area (Å²) in [5.74, 6) is -2.28. The molecule has 6 nitrogen and oxygen atoms in total. The highest BCUT2D eigenvalue weighted by Crippen LogP contribution is 2.27. The Balaban J connectivity index is 1.93. The molecule has 1 heterocycles. The van der Waals surface area contributed by atoms with Gasteiger partial charge in [-0.05, 0) is 12.8 Å². The highest BCUT2D eigenvalue weighted by molar-refractivity contribution is 5.85. The fourth-order valence-electron chi connectivity index (χ4n) is 2.72. The van der Waals surface area contributed by atoms with Crippen LogP contribution in [-0.2, 0) is 19.1 Å². The lowest BCUT2D eigenvalue weighted by Crippen LogP contribution is -2.48. The monoisotopic (exact) mass is 283 g/mol. The number of hydrogen-bond donors (Lipinski definition) is 2. The van der Waals surface area contributed by atoms with Gasteiger partial charge in [-0.3, -0.25) is 9.59 Å². The molecule has 0 aromatic rings. The Kier molecular flexibility index (Phi) is 4.77. The minimum Gasteiger partial charge on any atom is -0.481 e. The smallest absolute Gasteiger partial charge is 0.307 e. The summed E-state index contributed by atoms with van der Waals surface area (Å²) >= 11 is 0. The van der Waals surface area contributed by atoms with E-state index in [4.69, 9.17) is 9.47 Å². The lowest BCUT2D eigenvalue weighted by atomic mass is 9.82. The van der Waals surface area contributed by atoms with Gasteiger partial charge < -0.3 is 19.9 Å². The van der Waals surface area contributed by atoms with E-state index in [-0.39, 0.29) is 5.91 Å². The average Bonchev–Trinajstić information content (AvgIpc) is 2.94. The first-order valence-corrected chi connectivity index (χ1v) is 6.86. The van der Waals surface area contributed by atoms with E-state index in [0.717, 1.165) is 6.42 Å². The molecule has 0 spiro atoms. The van der Waals surface area contributed by atoms with Crippen LogP contribution in [0.25, 0.3) is 0 Å². The van der Waals surface area contributed by atoms with Crippen LogP contribution in [0.5, 0.6) is 0 Å². The SMILES string of the molecule is COC1(CNC(=O)[C@@H]2CC=CC[C@@H]2C(=O)O)CCOC1. The molecule has 0 aromatic carbocycles. The largest absolute Gasteiger partial charge is 0.481 e. The van der Waals surface area contributed by atoms with Crippen LogP contribution in [0.4, 0.5) is 0 Å². The number of ether oxygens (including phenoxy) is 2. The second-order valence-corrected chi connectivity index (χ2v) is 5.40. The van der Waals surface area contributed by atoms with Gasteiger partial charge >= 0.3 is 5.97 Å². The van der Waals surface area contributed by atoms with Crippen molar-refractivity contribution in [2.75, 3.05) is 26.9 Å². The zero-order valence-corrected chi connectivity index (χ0v) is 11.6. The number of rotatable bonds is 5. The van der Waals surface area contributed by atoms with Gasteiger partial charge in [0.25, 0.3) is 0 Å². The van der Waals surface area contributed by atoms with E-state index >= 15 is 0 Å². The van der Waals surface area contributed by atoms with Gasteiger partial charge in [-0.25, -0.2) is 0 Å². The molecule has 0 radical (unpaired) electrons. The van der Waals surface area contributed by atoms with Crippen molar-refractivity contribution >= 4 is 11.9 Å². The highest BCUT2D eigenvalue weighted by Gasteiger charge is 2.38. The highest BCUT2D eigenvalue weighted by atomic mass is 16.5. The fourth-order valence-corrected chi connectivity index (χ4v) is 2.72. The van der Waals surface area contributed by atoms with E-state index in [1.165, 1.54) is 0 Å². The van der Waals surface area contributed by atoms with Crippen molar-refractivity contribution in [3.63, 3.8) is 0 Å². The normalized spacial score (nSPS) is 33.0. The van der Waals surface area contributed by atoms with E-state index in [1.807, 2.05) is 12.2 Å². The van der Waals surface area contributed by atoms with Crippen molar-refractivity contribution < 1.29 is 24.2 Å². The fraction of sp³-hybridized carbons (Fsp3) is 0.714. The maximum Gasteiger partial charge on any atom is 0.307 e. The summed E-state index contributed by atoms with van der Waals surface area (Å²) in [6.07, 6.45) is 5.31. The number of amides is 1. The number of allylic oxidation sites excluding steroid dienone is 2. The van der Waals surface area contributed by atoms with Gasteiger partial charge in [0.15, 0.2) is 0 Å². The number of carboxylic acid groups (broad SMARTS) is 1. The van der Waals surface area contributed by atoms with Crippen LogP contribution in [-0.4, -0.2) is 49.5 Å². The quantitative estimate of drug-likeness (QED) is 0.721. The summed E-state index contributed by atoms with van der Waals surface area (Å²) in [6.45, 7) is 1.43. The van der Waals surface area contributed by atoms with Crippen LogP contribution >= 0.6 is 0 Å². The van der Waals surface area contributed by atoms with E-state index < -0.39 is 23.4 Å². The summed E-state index contributed by atoms with van der Waals surface area (Å²) in [4.78, 5) is 23.4. The van der Waals surface area contributed by atoms with Crippen LogP contribution in [0, 0.1) is 11.8 Å². The Morgan fingerprint density at radius 1 is 1.40 bits per heavy atom. The van der Waals surface area contributed by atoms with Crippen molar-refractivity contribution in [2.24, 2.45) is 11.8 Å². The molecule has 0 aromatic heterocycles. The molecule has 1 saturated heterocycles. The number of carbonyl (C=O) groups excluding carboxylic acids is 1. The molecule has 1 aliphatic carbocycles. The van der Waals surface area contributed by atoms with Crippen LogP contribution in [0.1, 0.15) is 19.3 Å². The van der Waals surface area contributed by atoms with Crippen LogP contribution in [0.2, 0.25) is 0 Å². The number of nitrogens with one attached hydrogen (secondary N) is 1. The molecule has 1 amide bonds. The molecule has 2 rings (SSSR count). The number of methoxy groups -OCH3 is 1. The maximum absolute atomic E-state index is 12.2. The molecule has 0 saturated carbocycles. The molecule has 6 heteroatoms. The van der Waals surface area contributed by atoms with Gasteiger partial charge in [0, 0.05) is 26.7 Å². The first kappa shape index (κ1) is 15.0. The van der Waals surface area contributed by atoms with Gasteiger partial charge in [0.2, 0.25) is 5.91 Å².